The van der Waals surface area contributed by atoms with E-state index in [0.29, 0.717) is 31.3 Å². The molecular formula is C22H24N4O3S2. The van der Waals surface area contributed by atoms with Gasteiger partial charge in [0.25, 0.3) is 5.91 Å². The van der Waals surface area contributed by atoms with E-state index >= 15 is 0 Å². The number of nitrogens with one attached hydrogen (secondary N) is 1. The van der Waals surface area contributed by atoms with Crippen LogP contribution in [0.15, 0.2) is 64.9 Å². The fourth-order valence-corrected chi connectivity index (χ4v) is 5.65. The molecular weight excluding hydrogens is 432 g/mol. The Labute approximate surface area is 186 Å². The van der Waals surface area contributed by atoms with Gasteiger partial charge >= 0.3 is 0 Å². The molecule has 162 valence electrons. The molecule has 2 heterocycles. The molecule has 1 aliphatic heterocycles. The van der Waals surface area contributed by atoms with Crippen molar-refractivity contribution >= 4 is 32.4 Å². The lowest BCUT2D eigenvalue weighted by atomic mass is 10.2. The molecule has 1 saturated heterocycles. The van der Waals surface area contributed by atoms with Crippen molar-refractivity contribution in [2.75, 3.05) is 31.5 Å². The van der Waals surface area contributed by atoms with Crippen LogP contribution >= 0.6 is 11.3 Å². The maximum atomic E-state index is 13.2. The van der Waals surface area contributed by atoms with Crippen molar-refractivity contribution in [3.63, 3.8) is 0 Å². The third-order valence-corrected chi connectivity index (χ3v) is 7.92. The smallest absolute Gasteiger partial charge is 0.257 e. The van der Waals surface area contributed by atoms with Gasteiger partial charge in [-0.3, -0.25) is 15.0 Å². The molecule has 0 unspecified atom stereocenters. The summed E-state index contributed by atoms with van der Waals surface area (Å²) < 4.78 is 27.8. The van der Waals surface area contributed by atoms with Crippen LogP contribution in [-0.4, -0.2) is 54.7 Å². The Balaban J connectivity index is 1.42. The quantitative estimate of drug-likeness (QED) is 0.616. The first kappa shape index (κ1) is 21.6. The first-order valence-corrected chi connectivity index (χ1v) is 12.3. The van der Waals surface area contributed by atoms with Gasteiger partial charge in [-0.05, 0) is 30.7 Å². The van der Waals surface area contributed by atoms with Crippen LogP contribution in [0.2, 0.25) is 0 Å². The topological polar surface area (TPSA) is 82.6 Å². The molecule has 9 heteroatoms. The average Bonchev–Trinajstić information content (AvgIpc) is 3.19. The third-order valence-electron chi connectivity index (χ3n) is 5.15. The van der Waals surface area contributed by atoms with Crippen molar-refractivity contribution in [3.05, 3.63) is 76.8 Å². The van der Waals surface area contributed by atoms with Gasteiger partial charge in [0, 0.05) is 43.7 Å². The molecule has 1 aromatic heterocycles. The Morgan fingerprint density at radius 1 is 1.06 bits per heavy atom. The number of rotatable bonds is 6. The van der Waals surface area contributed by atoms with Gasteiger partial charge in [-0.2, -0.15) is 4.31 Å². The fourth-order valence-electron chi connectivity index (χ4n) is 3.50. The number of aromatic nitrogens is 1. The molecule has 1 amide bonds. The lowest BCUT2D eigenvalue weighted by molar-refractivity contribution is 0.102. The maximum Gasteiger partial charge on any atom is 0.257 e. The molecule has 0 atom stereocenters. The van der Waals surface area contributed by atoms with E-state index < -0.39 is 10.0 Å². The van der Waals surface area contributed by atoms with Crippen LogP contribution in [0.5, 0.6) is 0 Å². The van der Waals surface area contributed by atoms with Crippen LogP contribution in [0.4, 0.5) is 5.13 Å². The maximum absolute atomic E-state index is 13.2. The van der Waals surface area contributed by atoms with Gasteiger partial charge in [0.1, 0.15) is 0 Å². The van der Waals surface area contributed by atoms with Crippen LogP contribution in [0.3, 0.4) is 0 Å². The highest BCUT2D eigenvalue weighted by atomic mass is 32.2. The Kier molecular flexibility index (Phi) is 6.47. The van der Waals surface area contributed by atoms with Crippen molar-refractivity contribution in [3.8, 4) is 0 Å². The zero-order valence-electron chi connectivity index (χ0n) is 17.2. The molecule has 1 aliphatic rings. The summed E-state index contributed by atoms with van der Waals surface area (Å²) >= 11 is 1.33. The lowest BCUT2D eigenvalue weighted by Crippen LogP contribution is -2.48. The molecule has 0 spiro atoms. The number of nitrogens with zero attached hydrogens (tertiary/aromatic N) is 3. The Hall–Kier alpha value is -2.59. The van der Waals surface area contributed by atoms with Crippen LogP contribution in [-0.2, 0) is 16.6 Å². The third kappa shape index (κ3) is 5.19. The number of anilines is 1. The standard InChI is InChI=1S/C22H24N4O3S2/c1-17-16-30-22(23-17)24-21(27)19-8-5-9-20(14-19)31(28,29)26-12-10-25(11-13-26)15-18-6-3-2-4-7-18/h2-9,14,16H,10-13,15H2,1H3,(H,23,24,27). The van der Waals surface area contributed by atoms with E-state index in [1.807, 2.05) is 30.5 Å². The summed E-state index contributed by atoms with van der Waals surface area (Å²) in [7, 11) is -3.67. The monoisotopic (exact) mass is 456 g/mol. The number of thiazole rings is 1. The highest BCUT2D eigenvalue weighted by molar-refractivity contribution is 7.89. The summed E-state index contributed by atoms with van der Waals surface area (Å²) in [5.74, 6) is -0.376. The molecule has 0 saturated carbocycles. The van der Waals surface area contributed by atoms with Crippen molar-refractivity contribution in [1.82, 2.24) is 14.2 Å². The van der Waals surface area contributed by atoms with Crippen molar-refractivity contribution < 1.29 is 13.2 Å². The molecule has 4 rings (SSSR count). The summed E-state index contributed by atoms with van der Waals surface area (Å²) in [5.41, 5.74) is 2.33. The van der Waals surface area contributed by atoms with E-state index in [1.54, 1.807) is 12.1 Å². The normalized spacial score (nSPS) is 15.6. The minimum atomic E-state index is -3.67. The lowest BCUT2D eigenvalue weighted by Gasteiger charge is -2.34. The highest BCUT2D eigenvalue weighted by Gasteiger charge is 2.29. The van der Waals surface area contributed by atoms with Crippen LogP contribution in [0.1, 0.15) is 21.6 Å². The average molecular weight is 457 g/mol. The summed E-state index contributed by atoms with van der Waals surface area (Å²) in [5, 5.41) is 5.05. The first-order valence-electron chi connectivity index (χ1n) is 10.0. The number of carbonyl (C=O) groups is 1. The van der Waals surface area contributed by atoms with E-state index in [1.165, 1.54) is 33.3 Å². The zero-order valence-corrected chi connectivity index (χ0v) is 18.8. The van der Waals surface area contributed by atoms with E-state index in [0.717, 1.165) is 12.2 Å². The number of hydrogen-bond acceptors (Lipinski definition) is 6. The molecule has 2 aromatic carbocycles. The van der Waals surface area contributed by atoms with Gasteiger partial charge < -0.3 is 0 Å². The van der Waals surface area contributed by atoms with Crippen molar-refractivity contribution in [2.45, 2.75) is 18.4 Å². The Morgan fingerprint density at radius 2 is 1.81 bits per heavy atom. The van der Waals surface area contributed by atoms with E-state index in [-0.39, 0.29) is 16.4 Å². The Bertz CT molecular complexity index is 1150. The van der Waals surface area contributed by atoms with Crippen LogP contribution in [0.25, 0.3) is 0 Å². The minimum absolute atomic E-state index is 0.131. The van der Waals surface area contributed by atoms with Crippen LogP contribution < -0.4 is 5.32 Å². The number of hydrogen-bond donors (Lipinski definition) is 1. The van der Waals surface area contributed by atoms with Gasteiger partial charge in [0.15, 0.2) is 5.13 Å². The molecule has 31 heavy (non-hydrogen) atoms. The van der Waals surface area contributed by atoms with Gasteiger partial charge in [-0.1, -0.05) is 36.4 Å². The predicted molar refractivity (Wildman–Crippen MR) is 122 cm³/mol. The van der Waals surface area contributed by atoms with Crippen molar-refractivity contribution in [2.24, 2.45) is 0 Å². The van der Waals surface area contributed by atoms with E-state index in [2.05, 4.69) is 27.3 Å². The largest absolute Gasteiger partial charge is 0.298 e. The molecule has 1 fully saturated rings. The second kappa shape index (κ2) is 9.27. The molecule has 3 aromatic rings. The van der Waals surface area contributed by atoms with Crippen molar-refractivity contribution in [1.29, 1.82) is 0 Å². The summed E-state index contributed by atoms with van der Waals surface area (Å²) in [4.78, 5) is 19.1. The molecule has 0 radical (unpaired) electrons. The Morgan fingerprint density at radius 3 is 2.48 bits per heavy atom. The second-order valence-electron chi connectivity index (χ2n) is 7.44. The van der Waals surface area contributed by atoms with E-state index in [4.69, 9.17) is 0 Å². The minimum Gasteiger partial charge on any atom is -0.298 e. The number of aryl methyl sites for hydroxylation is 1. The van der Waals surface area contributed by atoms with E-state index in [9.17, 15) is 13.2 Å². The number of carbonyl (C=O) groups excluding carboxylic acids is 1. The number of benzene rings is 2. The zero-order chi connectivity index (χ0) is 21.8. The van der Waals surface area contributed by atoms with Gasteiger partial charge in [-0.15, -0.1) is 11.3 Å². The number of sulfonamides is 1. The highest BCUT2D eigenvalue weighted by Crippen LogP contribution is 2.21. The van der Waals surface area contributed by atoms with Gasteiger partial charge in [0.05, 0.1) is 10.6 Å². The molecule has 0 bridgehead atoms. The summed E-state index contributed by atoms with van der Waals surface area (Å²) in [6, 6.07) is 16.3. The molecule has 0 aliphatic carbocycles. The summed E-state index contributed by atoms with van der Waals surface area (Å²) in [6.07, 6.45) is 0. The van der Waals surface area contributed by atoms with Crippen LogP contribution in [0, 0.1) is 6.92 Å². The molecule has 1 N–H and O–H groups in total. The molecule has 7 nitrogen and oxygen atoms in total. The summed E-state index contributed by atoms with van der Waals surface area (Å²) in [6.45, 7) is 4.82. The first-order chi connectivity index (χ1) is 14.9. The number of piperazine rings is 1. The number of amides is 1. The fraction of sp³-hybridized carbons (Fsp3) is 0.273. The second-order valence-corrected chi connectivity index (χ2v) is 10.2. The predicted octanol–water partition coefficient (Wildman–Crippen LogP) is 3.21. The van der Waals surface area contributed by atoms with Gasteiger partial charge in [-0.25, -0.2) is 13.4 Å². The van der Waals surface area contributed by atoms with Gasteiger partial charge in [0.2, 0.25) is 10.0 Å². The SMILES string of the molecule is Cc1csc(NC(=O)c2cccc(S(=O)(=O)N3CCN(Cc4ccccc4)CC3)c2)n1.